The molecular weight excluding hydrogens is 323 g/mol. The maximum Gasteiger partial charge on any atom is 0.282 e. The standard InChI is InChI=1S/C19H17FN2O3/c1-21(11-12-23)17-16(13-7-9-14(20)10-8-13)18(24)22(19(17)25)15-5-3-2-4-6-15/h2-10,23H,11-12H2,1H3. The van der Waals surface area contributed by atoms with Gasteiger partial charge in [-0.2, -0.15) is 0 Å². The average Bonchev–Trinajstić information content (AvgIpc) is 2.87. The zero-order chi connectivity index (χ0) is 18.0. The molecule has 0 saturated carbocycles. The first kappa shape index (κ1) is 16.9. The lowest BCUT2D eigenvalue weighted by molar-refractivity contribution is -0.120. The molecule has 2 amide bonds. The monoisotopic (exact) mass is 340 g/mol. The maximum atomic E-state index is 13.2. The Bertz CT molecular complexity index is 832. The summed E-state index contributed by atoms with van der Waals surface area (Å²) in [6, 6.07) is 14.0. The summed E-state index contributed by atoms with van der Waals surface area (Å²) in [5, 5.41) is 9.20. The molecule has 0 bridgehead atoms. The molecule has 6 heteroatoms. The van der Waals surface area contributed by atoms with Gasteiger partial charge in [-0.1, -0.05) is 30.3 Å². The number of carbonyl (C=O) groups is 2. The highest BCUT2D eigenvalue weighted by Gasteiger charge is 2.41. The molecule has 1 N–H and O–H groups in total. The van der Waals surface area contributed by atoms with Crippen molar-refractivity contribution in [3.8, 4) is 0 Å². The second kappa shape index (κ2) is 6.86. The van der Waals surface area contributed by atoms with Gasteiger partial charge >= 0.3 is 0 Å². The number of carbonyl (C=O) groups excluding carboxylic acids is 2. The van der Waals surface area contributed by atoms with Gasteiger partial charge in [-0.05, 0) is 29.8 Å². The van der Waals surface area contributed by atoms with Crippen LogP contribution in [0.25, 0.3) is 5.57 Å². The van der Waals surface area contributed by atoms with Crippen LogP contribution in [0, 0.1) is 5.82 Å². The fourth-order valence-electron chi connectivity index (χ4n) is 2.82. The van der Waals surface area contributed by atoms with Gasteiger partial charge in [0, 0.05) is 13.6 Å². The number of imide groups is 1. The molecule has 0 unspecified atom stereocenters. The molecule has 0 radical (unpaired) electrons. The molecule has 128 valence electrons. The van der Waals surface area contributed by atoms with Crippen molar-refractivity contribution in [2.24, 2.45) is 0 Å². The molecule has 0 fully saturated rings. The van der Waals surface area contributed by atoms with Crippen molar-refractivity contribution in [2.45, 2.75) is 0 Å². The van der Waals surface area contributed by atoms with Crippen LogP contribution in [0.15, 0.2) is 60.3 Å². The quantitative estimate of drug-likeness (QED) is 0.846. The Balaban J connectivity index is 2.12. The third-order valence-corrected chi connectivity index (χ3v) is 4.02. The van der Waals surface area contributed by atoms with E-state index in [1.165, 1.54) is 24.3 Å². The van der Waals surface area contributed by atoms with Crippen LogP contribution in [0.2, 0.25) is 0 Å². The summed E-state index contributed by atoms with van der Waals surface area (Å²) in [6.07, 6.45) is 0. The summed E-state index contributed by atoms with van der Waals surface area (Å²) in [4.78, 5) is 28.6. The number of aliphatic hydroxyl groups excluding tert-OH is 1. The van der Waals surface area contributed by atoms with E-state index in [4.69, 9.17) is 0 Å². The fourth-order valence-corrected chi connectivity index (χ4v) is 2.82. The molecule has 0 spiro atoms. The molecule has 1 aliphatic heterocycles. The van der Waals surface area contributed by atoms with Crippen LogP contribution in [0.4, 0.5) is 10.1 Å². The minimum Gasteiger partial charge on any atom is -0.395 e. The fraction of sp³-hybridized carbons (Fsp3) is 0.158. The first-order valence-corrected chi connectivity index (χ1v) is 7.80. The van der Waals surface area contributed by atoms with Crippen molar-refractivity contribution in [3.63, 3.8) is 0 Å². The minimum absolute atomic E-state index is 0.163. The summed E-state index contributed by atoms with van der Waals surface area (Å²) in [7, 11) is 1.63. The summed E-state index contributed by atoms with van der Waals surface area (Å²) < 4.78 is 13.2. The number of para-hydroxylation sites is 1. The van der Waals surface area contributed by atoms with E-state index >= 15 is 0 Å². The Kier molecular flexibility index (Phi) is 4.63. The van der Waals surface area contributed by atoms with E-state index in [1.54, 1.807) is 42.3 Å². The highest BCUT2D eigenvalue weighted by atomic mass is 19.1. The maximum absolute atomic E-state index is 13.2. The molecule has 1 aliphatic rings. The van der Waals surface area contributed by atoms with Gasteiger partial charge < -0.3 is 10.0 Å². The van der Waals surface area contributed by atoms with Gasteiger partial charge in [0.2, 0.25) is 0 Å². The van der Waals surface area contributed by atoms with Crippen LogP contribution in [-0.4, -0.2) is 42.0 Å². The van der Waals surface area contributed by atoms with Gasteiger partial charge in [-0.3, -0.25) is 9.59 Å². The molecule has 25 heavy (non-hydrogen) atoms. The van der Waals surface area contributed by atoms with Crippen molar-refractivity contribution < 1.29 is 19.1 Å². The lowest BCUT2D eigenvalue weighted by Crippen LogP contribution is -2.34. The van der Waals surface area contributed by atoms with Gasteiger partial charge in [-0.15, -0.1) is 0 Å². The van der Waals surface area contributed by atoms with E-state index in [0.29, 0.717) is 11.3 Å². The van der Waals surface area contributed by atoms with Crippen molar-refractivity contribution >= 4 is 23.1 Å². The topological polar surface area (TPSA) is 60.9 Å². The number of halogens is 1. The van der Waals surface area contributed by atoms with Crippen molar-refractivity contribution in [1.29, 1.82) is 0 Å². The SMILES string of the molecule is CN(CCO)C1=C(c2ccc(F)cc2)C(=O)N(c2ccccc2)C1=O. The van der Waals surface area contributed by atoms with Gasteiger partial charge in [-0.25, -0.2) is 9.29 Å². The van der Waals surface area contributed by atoms with Crippen LogP contribution >= 0.6 is 0 Å². The van der Waals surface area contributed by atoms with E-state index in [2.05, 4.69) is 0 Å². The molecule has 0 atom stereocenters. The second-order valence-corrected chi connectivity index (χ2v) is 5.66. The highest BCUT2D eigenvalue weighted by Crippen LogP contribution is 2.34. The normalized spacial score (nSPS) is 14.4. The first-order chi connectivity index (χ1) is 12.0. The van der Waals surface area contributed by atoms with Gasteiger partial charge in [0.05, 0.1) is 17.9 Å². The number of anilines is 1. The van der Waals surface area contributed by atoms with Gasteiger partial charge in [0.25, 0.3) is 11.8 Å². The molecule has 3 rings (SSSR count). The molecule has 0 aromatic heterocycles. The summed E-state index contributed by atoms with van der Waals surface area (Å²) >= 11 is 0. The zero-order valence-electron chi connectivity index (χ0n) is 13.6. The lowest BCUT2D eigenvalue weighted by Gasteiger charge is -2.20. The van der Waals surface area contributed by atoms with Gasteiger partial charge in [0.1, 0.15) is 11.5 Å². The molecule has 1 heterocycles. The third-order valence-electron chi connectivity index (χ3n) is 4.02. The van der Waals surface area contributed by atoms with Crippen LogP contribution in [0.3, 0.4) is 0 Å². The number of nitrogens with zero attached hydrogens (tertiary/aromatic N) is 2. The number of hydrogen-bond acceptors (Lipinski definition) is 4. The number of aliphatic hydroxyl groups is 1. The smallest absolute Gasteiger partial charge is 0.282 e. The van der Waals surface area contributed by atoms with E-state index in [-0.39, 0.29) is 24.4 Å². The molecule has 0 saturated heterocycles. The molecular formula is C19H17FN2O3. The van der Waals surface area contributed by atoms with Crippen LogP contribution in [-0.2, 0) is 9.59 Å². The predicted molar refractivity (Wildman–Crippen MR) is 92.0 cm³/mol. The van der Waals surface area contributed by atoms with Crippen LogP contribution in [0.5, 0.6) is 0 Å². The van der Waals surface area contributed by atoms with Crippen LogP contribution in [0.1, 0.15) is 5.56 Å². The van der Waals surface area contributed by atoms with Crippen molar-refractivity contribution in [3.05, 3.63) is 71.7 Å². The Hall–Kier alpha value is -2.99. The Morgan fingerprint density at radius 1 is 1.00 bits per heavy atom. The zero-order valence-corrected chi connectivity index (χ0v) is 13.6. The summed E-state index contributed by atoms with van der Waals surface area (Å²) in [6.45, 7) is 0.0329. The minimum atomic E-state index is -0.470. The number of hydrogen-bond donors (Lipinski definition) is 1. The number of amides is 2. The van der Waals surface area contributed by atoms with Crippen molar-refractivity contribution in [1.82, 2.24) is 4.90 Å². The van der Waals surface area contributed by atoms with E-state index in [9.17, 15) is 19.1 Å². The summed E-state index contributed by atoms with van der Waals surface area (Å²) in [5.41, 5.74) is 1.31. The summed E-state index contributed by atoms with van der Waals surface area (Å²) in [5.74, 6) is -1.36. The molecule has 5 nitrogen and oxygen atoms in total. The number of rotatable bonds is 5. The first-order valence-electron chi connectivity index (χ1n) is 7.80. The number of likely N-dealkylation sites (N-methyl/N-ethyl adjacent to an activating group) is 1. The second-order valence-electron chi connectivity index (χ2n) is 5.66. The predicted octanol–water partition coefficient (Wildman–Crippen LogP) is 2.03. The highest BCUT2D eigenvalue weighted by molar-refractivity contribution is 6.45. The van der Waals surface area contributed by atoms with Crippen LogP contribution < -0.4 is 4.90 Å². The van der Waals surface area contributed by atoms with Gasteiger partial charge in [0.15, 0.2) is 0 Å². The number of benzene rings is 2. The largest absolute Gasteiger partial charge is 0.395 e. The molecule has 2 aromatic carbocycles. The third kappa shape index (κ3) is 3.04. The van der Waals surface area contributed by atoms with Crippen molar-refractivity contribution in [2.75, 3.05) is 25.1 Å². The van der Waals surface area contributed by atoms with E-state index in [0.717, 1.165) is 4.90 Å². The Morgan fingerprint density at radius 2 is 1.64 bits per heavy atom. The van der Waals surface area contributed by atoms with E-state index in [1.807, 2.05) is 0 Å². The Labute approximate surface area is 144 Å². The molecule has 2 aromatic rings. The Morgan fingerprint density at radius 3 is 2.24 bits per heavy atom. The average molecular weight is 340 g/mol. The lowest BCUT2D eigenvalue weighted by atomic mass is 10.0. The van der Waals surface area contributed by atoms with E-state index < -0.39 is 17.6 Å². The molecule has 0 aliphatic carbocycles.